The first-order valence-corrected chi connectivity index (χ1v) is 11.5. The number of aromatic nitrogens is 1. The van der Waals surface area contributed by atoms with E-state index in [-0.39, 0.29) is 33.7 Å². The molecular weight excluding hydrogens is 460 g/mol. The van der Waals surface area contributed by atoms with Crippen molar-refractivity contribution in [1.29, 1.82) is 0 Å². The van der Waals surface area contributed by atoms with Crippen LogP contribution >= 0.6 is 11.3 Å². The molecular formula is C24H27F2N5O2S. The minimum Gasteiger partial charge on any atom is -0.382 e. The van der Waals surface area contributed by atoms with Crippen molar-refractivity contribution < 1.29 is 18.4 Å². The first-order valence-electron chi connectivity index (χ1n) is 10.6. The highest BCUT2D eigenvalue weighted by atomic mass is 32.1. The van der Waals surface area contributed by atoms with Gasteiger partial charge in [-0.2, -0.15) is 0 Å². The van der Waals surface area contributed by atoms with Gasteiger partial charge >= 0.3 is 0 Å². The van der Waals surface area contributed by atoms with Crippen LogP contribution < -0.4 is 16.4 Å². The summed E-state index contributed by atoms with van der Waals surface area (Å²) < 4.78 is 28.0. The number of nitrogens with one attached hydrogen (secondary N) is 2. The fourth-order valence-electron chi connectivity index (χ4n) is 3.27. The maximum absolute atomic E-state index is 14.0. The van der Waals surface area contributed by atoms with Gasteiger partial charge in [0.05, 0.1) is 5.56 Å². The quantitative estimate of drug-likeness (QED) is 0.389. The third-order valence-electron chi connectivity index (χ3n) is 5.13. The zero-order chi connectivity index (χ0) is 25.0. The Morgan fingerprint density at radius 1 is 1.09 bits per heavy atom. The second-order valence-corrected chi connectivity index (χ2v) is 9.45. The average molecular weight is 488 g/mol. The third kappa shape index (κ3) is 5.95. The van der Waals surface area contributed by atoms with Crippen LogP contribution in [-0.2, 0) is 0 Å². The Bertz CT molecular complexity index is 1160. The van der Waals surface area contributed by atoms with Crippen molar-refractivity contribution >= 4 is 39.7 Å². The molecule has 0 spiro atoms. The molecule has 0 aliphatic carbocycles. The Morgan fingerprint density at radius 2 is 1.71 bits per heavy atom. The normalized spacial score (nSPS) is 12.1. The largest absolute Gasteiger partial charge is 0.382 e. The number of thiazole rings is 1. The van der Waals surface area contributed by atoms with Crippen molar-refractivity contribution in [2.75, 3.05) is 31.7 Å². The standard InChI is InChI=1S/C24H27F2N5O2S/c1-13(2)18(12-31(3)4)29-23(33)14-8-10-15(11-9-14)28-24-30-22(27)21(34-24)20(32)19-16(25)6-5-7-17(19)26/h5-11,13,18H,12,27H2,1-4H3,(H,28,30)(H,29,33). The van der Waals surface area contributed by atoms with Crippen LogP contribution in [0.4, 0.5) is 25.4 Å². The molecule has 0 aliphatic rings. The molecule has 10 heteroatoms. The number of nitrogens with zero attached hydrogens (tertiary/aromatic N) is 2. The minimum absolute atomic E-state index is 0.00819. The van der Waals surface area contributed by atoms with E-state index in [2.05, 4.69) is 29.5 Å². The highest BCUT2D eigenvalue weighted by Gasteiger charge is 2.24. The lowest BCUT2D eigenvalue weighted by Crippen LogP contribution is -2.44. The number of likely N-dealkylation sites (N-methyl/N-ethyl adjacent to an activating group) is 1. The molecule has 1 atom stereocenters. The summed E-state index contributed by atoms with van der Waals surface area (Å²) >= 11 is 0.888. The Morgan fingerprint density at radius 3 is 2.26 bits per heavy atom. The van der Waals surface area contributed by atoms with Crippen molar-refractivity contribution in [3.63, 3.8) is 0 Å². The first-order chi connectivity index (χ1) is 16.1. The topological polar surface area (TPSA) is 100 Å². The highest BCUT2D eigenvalue weighted by molar-refractivity contribution is 7.18. The molecule has 7 nitrogen and oxygen atoms in total. The van der Waals surface area contributed by atoms with E-state index in [4.69, 9.17) is 5.73 Å². The number of hydrogen-bond acceptors (Lipinski definition) is 7. The van der Waals surface area contributed by atoms with Gasteiger partial charge in [-0.25, -0.2) is 13.8 Å². The predicted octanol–water partition coefficient (Wildman–Crippen LogP) is 4.29. The van der Waals surface area contributed by atoms with Gasteiger partial charge in [-0.15, -0.1) is 0 Å². The zero-order valence-electron chi connectivity index (χ0n) is 19.4. The first kappa shape index (κ1) is 25.3. The van der Waals surface area contributed by atoms with Crippen LogP contribution in [0.1, 0.15) is 39.4 Å². The molecule has 0 radical (unpaired) electrons. The number of anilines is 3. The lowest BCUT2D eigenvalue weighted by Gasteiger charge is -2.25. The molecule has 180 valence electrons. The summed E-state index contributed by atoms with van der Waals surface area (Å²) in [5.41, 5.74) is 6.27. The van der Waals surface area contributed by atoms with Crippen molar-refractivity contribution in [2.24, 2.45) is 5.92 Å². The van der Waals surface area contributed by atoms with Gasteiger partial charge in [0, 0.05) is 23.8 Å². The van der Waals surface area contributed by atoms with E-state index in [0.717, 1.165) is 30.0 Å². The summed E-state index contributed by atoms with van der Waals surface area (Å²) in [6, 6.07) is 9.93. The summed E-state index contributed by atoms with van der Waals surface area (Å²) in [6.07, 6.45) is 0. The smallest absolute Gasteiger partial charge is 0.251 e. The van der Waals surface area contributed by atoms with E-state index < -0.39 is 23.0 Å². The predicted molar refractivity (Wildman–Crippen MR) is 131 cm³/mol. The van der Waals surface area contributed by atoms with Gasteiger partial charge in [-0.1, -0.05) is 31.3 Å². The molecule has 3 aromatic rings. The zero-order valence-corrected chi connectivity index (χ0v) is 20.2. The van der Waals surface area contributed by atoms with Gasteiger partial charge in [-0.05, 0) is 56.4 Å². The summed E-state index contributed by atoms with van der Waals surface area (Å²) in [6.45, 7) is 4.84. The maximum atomic E-state index is 14.0. The van der Waals surface area contributed by atoms with E-state index in [0.29, 0.717) is 11.3 Å². The van der Waals surface area contributed by atoms with E-state index in [1.165, 1.54) is 6.07 Å². The molecule has 4 N–H and O–H groups in total. The van der Waals surface area contributed by atoms with E-state index >= 15 is 0 Å². The van der Waals surface area contributed by atoms with E-state index in [1.807, 2.05) is 19.0 Å². The molecule has 0 fully saturated rings. The van der Waals surface area contributed by atoms with Crippen LogP contribution in [0.3, 0.4) is 0 Å². The van der Waals surface area contributed by atoms with Crippen LogP contribution in [0.2, 0.25) is 0 Å². The number of carbonyl (C=O) groups excluding carboxylic acids is 2. The number of nitrogens with two attached hydrogens (primary N) is 1. The van der Waals surface area contributed by atoms with Crippen molar-refractivity contribution in [2.45, 2.75) is 19.9 Å². The van der Waals surface area contributed by atoms with E-state index in [1.54, 1.807) is 24.3 Å². The summed E-state index contributed by atoms with van der Waals surface area (Å²) in [5, 5.41) is 6.33. The third-order valence-corrected chi connectivity index (χ3v) is 6.12. The summed E-state index contributed by atoms with van der Waals surface area (Å²) in [5.74, 6) is -2.83. The lowest BCUT2D eigenvalue weighted by molar-refractivity contribution is 0.0916. The Labute approximate surface area is 201 Å². The number of benzene rings is 2. The Balaban J connectivity index is 1.71. The number of ketones is 1. The van der Waals surface area contributed by atoms with Crippen LogP contribution in [-0.4, -0.2) is 48.3 Å². The monoisotopic (exact) mass is 487 g/mol. The number of halogens is 2. The molecule has 0 bridgehead atoms. The number of rotatable bonds is 9. The van der Waals surface area contributed by atoms with Crippen LogP contribution in [0.25, 0.3) is 0 Å². The molecule has 1 aromatic heterocycles. The summed E-state index contributed by atoms with van der Waals surface area (Å²) in [4.78, 5) is 31.3. The van der Waals surface area contributed by atoms with Crippen LogP contribution in [0, 0.1) is 17.6 Å². The SMILES string of the molecule is CC(C)C(CN(C)C)NC(=O)c1ccc(Nc2nc(N)c(C(=O)c3c(F)cccc3F)s2)cc1. The molecule has 1 unspecified atom stereocenters. The summed E-state index contributed by atoms with van der Waals surface area (Å²) in [7, 11) is 3.92. The second-order valence-electron chi connectivity index (χ2n) is 8.45. The molecule has 34 heavy (non-hydrogen) atoms. The molecule has 0 aliphatic heterocycles. The van der Waals surface area contributed by atoms with Gasteiger partial charge in [0.15, 0.2) is 5.13 Å². The number of hydrogen-bond donors (Lipinski definition) is 3. The van der Waals surface area contributed by atoms with Gasteiger partial charge in [0.1, 0.15) is 22.3 Å². The molecule has 1 heterocycles. The Hall–Kier alpha value is -3.37. The molecule has 2 aromatic carbocycles. The molecule has 1 amide bonds. The van der Waals surface area contributed by atoms with Gasteiger partial charge < -0.3 is 21.3 Å². The van der Waals surface area contributed by atoms with Crippen molar-refractivity contribution in [1.82, 2.24) is 15.2 Å². The van der Waals surface area contributed by atoms with Gasteiger partial charge in [-0.3, -0.25) is 9.59 Å². The maximum Gasteiger partial charge on any atom is 0.251 e. The fourth-order valence-corrected chi connectivity index (χ4v) is 4.12. The van der Waals surface area contributed by atoms with Crippen molar-refractivity contribution in [3.8, 4) is 0 Å². The molecule has 0 saturated carbocycles. The Kier molecular flexibility index (Phi) is 7.95. The number of carbonyl (C=O) groups is 2. The van der Waals surface area contributed by atoms with Crippen LogP contribution in [0.15, 0.2) is 42.5 Å². The molecule has 3 rings (SSSR count). The second kappa shape index (κ2) is 10.7. The average Bonchev–Trinajstić information content (AvgIpc) is 3.13. The number of nitrogen functional groups attached to an aromatic ring is 1. The number of amides is 1. The minimum atomic E-state index is -0.966. The highest BCUT2D eigenvalue weighted by Crippen LogP contribution is 2.31. The molecule has 0 saturated heterocycles. The van der Waals surface area contributed by atoms with Gasteiger partial charge in [0.2, 0.25) is 5.78 Å². The lowest BCUT2D eigenvalue weighted by atomic mass is 10.0. The van der Waals surface area contributed by atoms with Crippen molar-refractivity contribution in [3.05, 3.63) is 70.1 Å². The fraction of sp³-hybridized carbons (Fsp3) is 0.292. The van der Waals surface area contributed by atoms with Crippen LogP contribution in [0.5, 0.6) is 0 Å². The van der Waals surface area contributed by atoms with E-state index in [9.17, 15) is 18.4 Å². The van der Waals surface area contributed by atoms with Gasteiger partial charge in [0.25, 0.3) is 5.91 Å².